The van der Waals surface area contributed by atoms with E-state index in [1.165, 1.54) is 18.4 Å². The molecule has 2 atom stereocenters. The number of carbonyl (C=O) groups excluding carboxylic acids is 1. The quantitative estimate of drug-likeness (QED) is 0.929. The van der Waals surface area contributed by atoms with Crippen LogP contribution in [0.5, 0.6) is 0 Å². The number of carbonyl (C=O) groups is 1. The molecule has 0 aromatic heterocycles. The van der Waals surface area contributed by atoms with Gasteiger partial charge in [-0.1, -0.05) is 43.2 Å². The van der Waals surface area contributed by atoms with Crippen LogP contribution in [-0.2, 0) is 4.79 Å². The number of benzene rings is 1. The summed E-state index contributed by atoms with van der Waals surface area (Å²) in [5, 5.41) is 0. The Balaban J connectivity index is 0.00000220. The molecule has 1 aromatic carbocycles. The van der Waals surface area contributed by atoms with Gasteiger partial charge in [0.25, 0.3) is 0 Å². The molecule has 1 aliphatic heterocycles. The fourth-order valence-corrected chi connectivity index (χ4v) is 2.91. The van der Waals surface area contributed by atoms with Crippen molar-refractivity contribution in [3.63, 3.8) is 0 Å². The molecule has 0 aliphatic carbocycles. The summed E-state index contributed by atoms with van der Waals surface area (Å²) < 4.78 is 0. The molecule has 1 aliphatic rings. The van der Waals surface area contributed by atoms with Gasteiger partial charge in [-0.05, 0) is 37.7 Å². The predicted octanol–water partition coefficient (Wildman–Crippen LogP) is 3.46. The third kappa shape index (κ3) is 4.72. The van der Waals surface area contributed by atoms with Crippen LogP contribution >= 0.6 is 12.4 Å². The van der Waals surface area contributed by atoms with Gasteiger partial charge in [0.05, 0.1) is 0 Å². The van der Waals surface area contributed by atoms with Crippen molar-refractivity contribution in [1.82, 2.24) is 4.90 Å². The Bertz CT molecular complexity index is 447. The van der Waals surface area contributed by atoms with Crippen molar-refractivity contribution in [3.8, 4) is 0 Å². The van der Waals surface area contributed by atoms with Crippen LogP contribution in [0.15, 0.2) is 24.3 Å². The minimum absolute atomic E-state index is 0. The second-order valence-corrected chi connectivity index (χ2v) is 5.92. The van der Waals surface area contributed by atoms with Crippen LogP contribution in [0.4, 0.5) is 0 Å². The van der Waals surface area contributed by atoms with E-state index < -0.39 is 6.04 Å². The van der Waals surface area contributed by atoms with Gasteiger partial charge in [0.2, 0.25) is 5.91 Å². The summed E-state index contributed by atoms with van der Waals surface area (Å²) in [5.41, 5.74) is 8.25. The number of halogens is 1. The number of rotatable bonds is 3. The first-order valence-electron chi connectivity index (χ1n) is 7.72. The lowest BCUT2D eigenvalue weighted by Crippen LogP contribution is -2.39. The van der Waals surface area contributed by atoms with E-state index in [-0.39, 0.29) is 18.3 Å². The number of nitrogens with zero attached hydrogens (tertiary/aromatic N) is 1. The molecule has 0 saturated carbocycles. The van der Waals surface area contributed by atoms with Gasteiger partial charge >= 0.3 is 0 Å². The smallest absolute Gasteiger partial charge is 0.244 e. The summed E-state index contributed by atoms with van der Waals surface area (Å²) in [5.74, 6) is 0.842. The standard InChI is InChI=1S/C17H26N2O.ClH/c1-3-14-5-4-11-19(12-10-14)17(20)16(18)15-8-6-13(2)7-9-15;/h6-9,14,16H,3-5,10-12,18H2,1-2H3;1H. The van der Waals surface area contributed by atoms with Crippen molar-refractivity contribution in [2.24, 2.45) is 11.7 Å². The lowest BCUT2D eigenvalue weighted by molar-refractivity contribution is -0.132. The Labute approximate surface area is 134 Å². The Morgan fingerprint density at radius 3 is 2.57 bits per heavy atom. The lowest BCUT2D eigenvalue weighted by atomic mass is 9.98. The van der Waals surface area contributed by atoms with E-state index in [0.717, 1.165) is 37.4 Å². The molecule has 118 valence electrons. The molecule has 4 heteroatoms. The zero-order valence-electron chi connectivity index (χ0n) is 13.0. The highest BCUT2D eigenvalue weighted by Gasteiger charge is 2.24. The molecule has 21 heavy (non-hydrogen) atoms. The fraction of sp³-hybridized carbons (Fsp3) is 0.588. The highest BCUT2D eigenvalue weighted by molar-refractivity contribution is 5.85. The molecule has 1 aromatic rings. The highest BCUT2D eigenvalue weighted by atomic mass is 35.5. The van der Waals surface area contributed by atoms with E-state index in [0.29, 0.717) is 0 Å². The predicted molar refractivity (Wildman–Crippen MR) is 89.6 cm³/mol. The Morgan fingerprint density at radius 1 is 1.29 bits per heavy atom. The van der Waals surface area contributed by atoms with Gasteiger partial charge in [0.15, 0.2) is 0 Å². The van der Waals surface area contributed by atoms with Gasteiger partial charge in [-0.15, -0.1) is 12.4 Å². The molecule has 0 bridgehead atoms. The average Bonchev–Trinajstić information content (AvgIpc) is 2.72. The van der Waals surface area contributed by atoms with Crippen molar-refractivity contribution in [2.75, 3.05) is 13.1 Å². The topological polar surface area (TPSA) is 46.3 Å². The number of nitrogens with two attached hydrogens (primary N) is 1. The summed E-state index contributed by atoms with van der Waals surface area (Å²) in [4.78, 5) is 14.5. The van der Waals surface area contributed by atoms with Gasteiger partial charge in [-0.3, -0.25) is 4.79 Å². The lowest BCUT2D eigenvalue weighted by Gasteiger charge is -2.24. The van der Waals surface area contributed by atoms with Crippen molar-refractivity contribution < 1.29 is 4.79 Å². The summed E-state index contributed by atoms with van der Waals surface area (Å²) in [6.07, 6.45) is 4.67. The van der Waals surface area contributed by atoms with Gasteiger partial charge in [0, 0.05) is 13.1 Å². The summed E-state index contributed by atoms with van der Waals surface area (Å²) in [6, 6.07) is 7.43. The van der Waals surface area contributed by atoms with E-state index in [1.807, 2.05) is 36.1 Å². The summed E-state index contributed by atoms with van der Waals surface area (Å²) in [7, 11) is 0. The third-order valence-electron chi connectivity index (χ3n) is 4.44. The molecule has 1 amide bonds. The second kappa shape index (κ2) is 8.40. The van der Waals surface area contributed by atoms with Crippen molar-refractivity contribution in [1.29, 1.82) is 0 Å². The molecule has 2 rings (SSSR count). The average molecular weight is 311 g/mol. The fourth-order valence-electron chi connectivity index (χ4n) is 2.91. The Kier molecular flexibility index (Phi) is 7.20. The van der Waals surface area contributed by atoms with E-state index >= 15 is 0 Å². The van der Waals surface area contributed by atoms with Crippen LogP contribution in [0.1, 0.15) is 49.8 Å². The SMILES string of the molecule is CCC1CCCN(C(=O)C(N)c2ccc(C)cc2)CC1.Cl. The maximum absolute atomic E-state index is 12.5. The maximum atomic E-state index is 12.5. The Morgan fingerprint density at radius 2 is 1.95 bits per heavy atom. The zero-order chi connectivity index (χ0) is 14.5. The number of hydrogen-bond acceptors (Lipinski definition) is 2. The number of hydrogen-bond donors (Lipinski definition) is 1. The van der Waals surface area contributed by atoms with Crippen LogP contribution in [0.25, 0.3) is 0 Å². The largest absolute Gasteiger partial charge is 0.341 e. The first-order chi connectivity index (χ1) is 9.61. The first-order valence-corrected chi connectivity index (χ1v) is 7.72. The summed E-state index contributed by atoms with van der Waals surface area (Å²) >= 11 is 0. The molecule has 1 heterocycles. The van der Waals surface area contributed by atoms with E-state index in [9.17, 15) is 4.79 Å². The van der Waals surface area contributed by atoms with Crippen LogP contribution in [-0.4, -0.2) is 23.9 Å². The summed E-state index contributed by atoms with van der Waals surface area (Å²) in [6.45, 7) is 5.99. The maximum Gasteiger partial charge on any atom is 0.244 e. The molecule has 2 N–H and O–H groups in total. The van der Waals surface area contributed by atoms with Crippen LogP contribution in [0.2, 0.25) is 0 Å². The van der Waals surface area contributed by atoms with Crippen LogP contribution < -0.4 is 5.73 Å². The van der Waals surface area contributed by atoms with Gasteiger partial charge in [-0.2, -0.15) is 0 Å². The van der Waals surface area contributed by atoms with E-state index in [1.54, 1.807) is 0 Å². The van der Waals surface area contributed by atoms with Gasteiger partial charge < -0.3 is 10.6 Å². The first kappa shape index (κ1) is 18.0. The molecule has 2 unspecified atom stereocenters. The van der Waals surface area contributed by atoms with E-state index in [4.69, 9.17) is 5.73 Å². The molecule has 0 radical (unpaired) electrons. The third-order valence-corrected chi connectivity index (χ3v) is 4.44. The highest BCUT2D eigenvalue weighted by Crippen LogP contribution is 2.22. The molecular weight excluding hydrogens is 284 g/mol. The normalized spacial score (nSPS) is 20.3. The second-order valence-electron chi connectivity index (χ2n) is 5.92. The van der Waals surface area contributed by atoms with Gasteiger partial charge in [0.1, 0.15) is 6.04 Å². The monoisotopic (exact) mass is 310 g/mol. The van der Waals surface area contributed by atoms with Crippen LogP contribution in [0.3, 0.4) is 0 Å². The van der Waals surface area contributed by atoms with Crippen molar-refractivity contribution in [3.05, 3.63) is 35.4 Å². The van der Waals surface area contributed by atoms with E-state index in [2.05, 4.69) is 6.92 Å². The Hall–Kier alpha value is -1.06. The molecule has 1 saturated heterocycles. The van der Waals surface area contributed by atoms with Crippen molar-refractivity contribution in [2.45, 2.75) is 45.6 Å². The zero-order valence-corrected chi connectivity index (χ0v) is 13.9. The minimum Gasteiger partial charge on any atom is -0.341 e. The number of amides is 1. The molecule has 3 nitrogen and oxygen atoms in total. The molecule has 1 fully saturated rings. The van der Waals surface area contributed by atoms with Gasteiger partial charge in [-0.25, -0.2) is 0 Å². The van der Waals surface area contributed by atoms with Crippen molar-refractivity contribution >= 4 is 18.3 Å². The molecule has 0 spiro atoms. The number of likely N-dealkylation sites (tertiary alicyclic amines) is 1. The number of aryl methyl sites for hydroxylation is 1. The molecular formula is C17H27ClN2O. The van der Waals surface area contributed by atoms with Crippen LogP contribution in [0, 0.1) is 12.8 Å². The minimum atomic E-state index is -0.520.